The van der Waals surface area contributed by atoms with E-state index in [-0.39, 0.29) is 11.8 Å². The number of carbonyl (C=O) groups excluding carboxylic acids is 1. The number of esters is 1. The standard InChI is InChI=1S/C22H22FN5O2S/c1-26-13-19(12-24-26)31-27-8-7-16-9-20-15(10-22(16,14-27)21(29)30-2)11-25-28(20)18-5-3-17(23)4-6-18/h3-6,9,11-13H,7-8,10,14H2,1-2H3. The van der Waals surface area contributed by atoms with E-state index in [2.05, 4.69) is 20.6 Å². The van der Waals surface area contributed by atoms with Crippen LogP contribution in [0, 0.1) is 11.2 Å². The van der Waals surface area contributed by atoms with Crippen LogP contribution in [-0.4, -0.2) is 50.0 Å². The van der Waals surface area contributed by atoms with Gasteiger partial charge in [-0.3, -0.25) is 9.48 Å². The molecule has 0 saturated carbocycles. The van der Waals surface area contributed by atoms with Crippen molar-refractivity contribution in [3.8, 4) is 5.69 Å². The minimum absolute atomic E-state index is 0.226. The first-order valence-electron chi connectivity index (χ1n) is 10.0. The Morgan fingerprint density at radius 3 is 2.74 bits per heavy atom. The molecule has 0 radical (unpaired) electrons. The fourth-order valence-electron chi connectivity index (χ4n) is 4.44. The summed E-state index contributed by atoms with van der Waals surface area (Å²) in [5.74, 6) is -0.512. The van der Waals surface area contributed by atoms with Crippen LogP contribution >= 0.6 is 11.9 Å². The number of fused-ring (bicyclic) bond motifs is 2. The van der Waals surface area contributed by atoms with E-state index >= 15 is 0 Å². The summed E-state index contributed by atoms with van der Waals surface area (Å²) in [7, 11) is 3.33. The van der Waals surface area contributed by atoms with Gasteiger partial charge in [-0.2, -0.15) is 10.2 Å². The van der Waals surface area contributed by atoms with Crippen LogP contribution in [0.4, 0.5) is 4.39 Å². The van der Waals surface area contributed by atoms with Crippen LogP contribution < -0.4 is 0 Å². The van der Waals surface area contributed by atoms with Gasteiger partial charge in [0.1, 0.15) is 11.2 Å². The van der Waals surface area contributed by atoms with E-state index in [0.29, 0.717) is 13.0 Å². The van der Waals surface area contributed by atoms with Gasteiger partial charge in [-0.15, -0.1) is 0 Å². The van der Waals surface area contributed by atoms with E-state index in [9.17, 15) is 9.18 Å². The molecule has 1 fully saturated rings. The summed E-state index contributed by atoms with van der Waals surface area (Å²) in [4.78, 5) is 14.1. The number of ether oxygens (including phenoxy) is 1. The third kappa shape index (κ3) is 3.47. The predicted octanol–water partition coefficient (Wildman–Crippen LogP) is 3.26. The van der Waals surface area contributed by atoms with Crippen LogP contribution in [0.2, 0.25) is 0 Å². The molecule has 9 heteroatoms. The molecule has 1 saturated heterocycles. The third-order valence-electron chi connectivity index (χ3n) is 5.94. The van der Waals surface area contributed by atoms with Gasteiger partial charge >= 0.3 is 5.97 Å². The van der Waals surface area contributed by atoms with E-state index in [1.54, 1.807) is 39.6 Å². The van der Waals surface area contributed by atoms with Crippen molar-refractivity contribution >= 4 is 24.0 Å². The number of piperidine rings is 1. The van der Waals surface area contributed by atoms with Crippen LogP contribution in [0.25, 0.3) is 11.8 Å². The Labute approximate surface area is 183 Å². The maximum absolute atomic E-state index is 13.4. The molecule has 1 aromatic carbocycles. The highest BCUT2D eigenvalue weighted by atomic mass is 32.2. The van der Waals surface area contributed by atoms with Crippen LogP contribution in [-0.2, 0) is 23.0 Å². The smallest absolute Gasteiger partial charge is 0.317 e. The average Bonchev–Trinajstić information content (AvgIpc) is 3.37. The summed E-state index contributed by atoms with van der Waals surface area (Å²) in [6.07, 6.45) is 8.92. The van der Waals surface area contributed by atoms with E-state index in [1.165, 1.54) is 19.2 Å². The normalized spacial score (nSPS) is 20.7. The molecule has 3 heterocycles. The second-order valence-electron chi connectivity index (χ2n) is 7.92. The lowest BCUT2D eigenvalue weighted by molar-refractivity contribution is -0.151. The van der Waals surface area contributed by atoms with Crippen molar-refractivity contribution in [3.63, 3.8) is 0 Å². The second-order valence-corrected chi connectivity index (χ2v) is 9.09. The van der Waals surface area contributed by atoms with Gasteiger partial charge in [0.2, 0.25) is 0 Å². The molecule has 1 atom stereocenters. The minimum Gasteiger partial charge on any atom is -0.468 e. The fourth-order valence-corrected chi connectivity index (χ4v) is 5.50. The highest BCUT2D eigenvalue weighted by Crippen LogP contribution is 2.47. The maximum atomic E-state index is 13.4. The lowest BCUT2D eigenvalue weighted by Gasteiger charge is -2.43. The molecule has 0 spiro atoms. The topological polar surface area (TPSA) is 65.2 Å². The van der Waals surface area contributed by atoms with Crippen molar-refractivity contribution in [2.75, 3.05) is 20.2 Å². The zero-order chi connectivity index (χ0) is 21.6. The molecule has 31 heavy (non-hydrogen) atoms. The zero-order valence-electron chi connectivity index (χ0n) is 17.3. The molecule has 3 aromatic rings. The van der Waals surface area contributed by atoms with Gasteiger partial charge in [-0.05, 0) is 66.3 Å². The number of methoxy groups -OCH3 is 1. The summed E-state index contributed by atoms with van der Waals surface area (Å²) < 4.78 is 24.4. The lowest BCUT2D eigenvalue weighted by Crippen LogP contribution is -2.50. The number of halogens is 1. The summed E-state index contributed by atoms with van der Waals surface area (Å²) in [5, 5.41) is 8.76. The van der Waals surface area contributed by atoms with E-state index < -0.39 is 5.41 Å². The summed E-state index contributed by atoms with van der Waals surface area (Å²) in [5.41, 5.74) is 3.01. The van der Waals surface area contributed by atoms with Crippen molar-refractivity contribution in [1.82, 2.24) is 23.9 Å². The number of rotatable bonds is 4. The molecule has 160 valence electrons. The maximum Gasteiger partial charge on any atom is 0.317 e. The highest BCUT2D eigenvalue weighted by Gasteiger charge is 2.49. The summed E-state index contributed by atoms with van der Waals surface area (Å²) in [6, 6.07) is 6.26. The van der Waals surface area contributed by atoms with E-state index in [1.807, 2.05) is 19.4 Å². The Morgan fingerprint density at radius 2 is 2.03 bits per heavy atom. The molecule has 7 nitrogen and oxygen atoms in total. The van der Waals surface area contributed by atoms with Crippen molar-refractivity contribution < 1.29 is 13.9 Å². The molecular weight excluding hydrogens is 417 g/mol. The molecular formula is C22H22FN5O2S. The number of hydrogen-bond acceptors (Lipinski definition) is 6. The van der Waals surface area contributed by atoms with Crippen molar-refractivity contribution in [1.29, 1.82) is 0 Å². The van der Waals surface area contributed by atoms with Gasteiger partial charge in [-0.1, -0.05) is 0 Å². The van der Waals surface area contributed by atoms with Gasteiger partial charge in [-0.25, -0.2) is 13.4 Å². The Hall–Kier alpha value is -2.91. The van der Waals surface area contributed by atoms with Gasteiger partial charge in [0.15, 0.2) is 0 Å². The molecule has 0 amide bonds. The molecule has 0 bridgehead atoms. The first kappa shape index (κ1) is 20.0. The van der Waals surface area contributed by atoms with Crippen molar-refractivity contribution in [3.05, 3.63) is 65.5 Å². The lowest BCUT2D eigenvalue weighted by atomic mass is 9.69. The van der Waals surface area contributed by atoms with Gasteiger partial charge < -0.3 is 4.74 Å². The van der Waals surface area contributed by atoms with Gasteiger partial charge in [0, 0.05) is 26.3 Å². The number of carbonyl (C=O) groups is 1. The SMILES string of the molecule is COC(=O)C12Cc3cnn(-c4ccc(F)cc4)c3C=C1CCN(Sc1cnn(C)c1)C2. The van der Waals surface area contributed by atoms with Crippen molar-refractivity contribution in [2.24, 2.45) is 12.5 Å². The third-order valence-corrected chi connectivity index (χ3v) is 6.94. The van der Waals surface area contributed by atoms with Gasteiger partial charge in [0.25, 0.3) is 0 Å². The number of benzene rings is 1. The molecule has 1 unspecified atom stereocenters. The number of aryl methyl sites for hydroxylation is 1. The molecule has 0 N–H and O–H groups in total. The number of hydrogen-bond donors (Lipinski definition) is 0. The number of aromatic nitrogens is 4. The molecule has 5 rings (SSSR count). The summed E-state index contributed by atoms with van der Waals surface area (Å²) in [6.45, 7) is 1.36. The monoisotopic (exact) mass is 439 g/mol. The fraction of sp³-hybridized carbons (Fsp3) is 0.318. The Balaban J connectivity index is 1.49. The van der Waals surface area contributed by atoms with Gasteiger partial charge in [0.05, 0.1) is 35.8 Å². The Kier molecular flexibility index (Phi) is 4.94. The van der Waals surface area contributed by atoms with E-state index in [0.717, 1.165) is 40.4 Å². The second kappa shape index (κ2) is 7.65. The highest BCUT2D eigenvalue weighted by molar-refractivity contribution is 7.97. The van der Waals surface area contributed by atoms with Crippen LogP contribution in [0.5, 0.6) is 0 Å². The molecule has 2 aromatic heterocycles. The summed E-state index contributed by atoms with van der Waals surface area (Å²) >= 11 is 1.61. The average molecular weight is 440 g/mol. The first-order chi connectivity index (χ1) is 15.0. The van der Waals surface area contributed by atoms with Crippen molar-refractivity contribution in [2.45, 2.75) is 17.7 Å². The van der Waals surface area contributed by atoms with Crippen LogP contribution in [0.15, 0.2) is 53.3 Å². The van der Waals surface area contributed by atoms with Crippen LogP contribution in [0.1, 0.15) is 17.7 Å². The largest absolute Gasteiger partial charge is 0.468 e. The molecule has 1 aliphatic carbocycles. The van der Waals surface area contributed by atoms with Crippen LogP contribution in [0.3, 0.4) is 0 Å². The quantitative estimate of drug-likeness (QED) is 0.459. The number of nitrogens with zero attached hydrogens (tertiary/aromatic N) is 5. The molecule has 2 aliphatic rings. The minimum atomic E-state index is -0.744. The zero-order valence-corrected chi connectivity index (χ0v) is 18.1. The predicted molar refractivity (Wildman–Crippen MR) is 115 cm³/mol. The molecule has 1 aliphatic heterocycles. The Bertz CT molecular complexity index is 1170. The van der Waals surface area contributed by atoms with E-state index in [4.69, 9.17) is 4.74 Å². The Morgan fingerprint density at radius 1 is 1.23 bits per heavy atom. The first-order valence-corrected chi connectivity index (χ1v) is 10.8.